The Bertz CT molecular complexity index is 1530. The lowest BCUT2D eigenvalue weighted by atomic mass is 10.0. The lowest BCUT2D eigenvalue weighted by molar-refractivity contribution is 0.102. The molecule has 1 aromatic carbocycles. The molecule has 0 bridgehead atoms. The van der Waals surface area contributed by atoms with E-state index in [2.05, 4.69) is 15.6 Å². The zero-order valence-electron chi connectivity index (χ0n) is 19.3. The molecule has 182 valence electrons. The number of sulfone groups is 1. The number of methoxy groups -OCH3 is 2. The molecule has 1 atom stereocenters. The van der Waals surface area contributed by atoms with E-state index in [4.69, 9.17) is 19.0 Å². The summed E-state index contributed by atoms with van der Waals surface area (Å²) in [5.41, 5.74) is 2.51. The molecule has 4 heterocycles. The number of aryl methyl sites for hydroxylation is 1. The van der Waals surface area contributed by atoms with Crippen molar-refractivity contribution in [2.45, 2.75) is 19.4 Å². The number of ether oxygens (including phenoxy) is 2. The van der Waals surface area contributed by atoms with Crippen molar-refractivity contribution in [3.05, 3.63) is 47.9 Å². The number of hydrogen-bond acceptors (Lipinski definition) is 9. The fourth-order valence-corrected chi connectivity index (χ4v) is 6.01. The summed E-state index contributed by atoms with van der Waals surface area (Å²) >= 11 is 0. The summed E-state index contributed by atoms with van der Waals surface area (Å²) in [6, 6.07) is 8.16. The first kappa shape index (κ1) is 22.8. The van der Waals surface area contributed by atoms with Crippen LogP contribution in [0.3, 0.4) is 0 Å². The van der Waals surface area contributed by atoms with Crippen LogP contribution in [0.2, 0.25) is 0 Å². The number of carbonyl (C=O) groups is 1. The van der Waals surface area contributed by atoms with Crippen molar-refractivity contribution in [3.8, 4) is 22.8 Å². The molecule has 1 unspecified atom stereocenters. The molecule has 0 saturated carbocycles. The molecule has 1 amide bonds. The molecule has 3 aromatic heterocycles. The van der Waals surface area contributed by atoms with Gasteiger partial charge in [-0.05, 0) is 37.6 Å². The molecular weight excluding hydrogens is 474 g/mol. The van der Waals surface area contributed by atoms with Gasteiger partial charge in [-0.1, -0.05) is 5.16 Å². The van der Waals surface area contributed by atoms with E-state index < -0.39 is 15.7 Å². The molecule has 1 N–H and O–H groups in total. The summed E-state index contributed by atoms with van der Waals surface area (Å²) in [5.74, 6) is 0.971. The number of benzene rings is 1. The third kappa shape index (κ3) is 4.20. The van der Waals surface area contributed by atoms with Gasteiger partial charge in [0.1, 0.15) is 6.26 Å². The Kier molecular flexibility index (Phi) is 5.67. The van der Waals surface area contributed by atoms with Gasteiger partial charge in [0.25, 0.3) is 5.91 Å². The third-order valence-corrected chi connectivity index (χ3v) is 7.74. The molecule has 4 aromatic rings. The molecule has 5 rings (SSSR count). The first-order valence-electron chi connectivity index (χ1n) is 10.8. The van der Waals surface area contributed by atoms with Gasteiger partial charge in [0.2, 0.25) is 0 Å². The van der Waals surface area contributed by atoms with E-state index in [1.165, 1.54) is 19.4 Å². The van der Waals surface area contributed by atoms with Crippen molar-refractivity contribution in [2.24, 2.45) is 0 Å². The van der Waals surface area contributed by atoms with Gasteiger partial charge in [0.05, 0.1) is 54.1 Å². The summed E-state index contributed by atoms with van der Waals surface area (Å²) in [6.07, 6.45) is 1.79. The fraction of sp³-hybridized carbons (Fsp3) is 0.304. The highest BCUT2D eigenvalue weighted by molar-refractivity contribution is 7.91. The van der Waals surface area contributed by atoms with Crippen LogP contribution in [0.1, 0.15) is 28.5 Å². The smallest absolute Gasteiger partial charge is 0.257 e. The van der Waals surface area contributed by atoms with Gasteiger partial charge < -0.3 is 19.3 Å². The fourth-order valence-electron chi connectivity index (χ4n) is 4.32. The molecule has 1 aliphatic rings. The summed E-state index contributed by atoms with van der Waals surface area (Å²) in [6.45, 7) is 1.77. The average molecular weight is 498 g/mol. The van der Waals surface area contributed by atoms with E-state index in [1.54, 1.807) is 36.9 Å². The van der Waals surface area contributed by atoms with Gasteiger partial charge in [-0.2, -0.15) is 5.10 Å². The second-order valence-electron chi connectivity index (χ2n) is 8.25. The van der Waals surface area contributed by atoms with Crippen LogP contribution < -0.4 is 14.8 Å². The van der Waals surface area contributed by atoms with E-state index in [1.807, 2.05) is 6.07 Å². The minimum Gasteiger partial charge on any atom is -0.493 e. The molecule has 35 heavy (non-hydrogen) atoms. The van der Waals surface area contributed by atoms with Crippen molar-refractivity contribution < 1.29 is 27.2 Å². The molecule has 1 aliphatic heterocycles. The standard InChI is InChI=1S/C23H23N5O6S/c1-13-21-16(23(29)25-20-6-8-34-27-20)11-17(14-4-5-18(32-2)19(10-14)33-3)24-22(21)28(26-13)15-7-9-35(30,31)12-15/h4-6,8,10-11,15H,7,9,12H2,1-3H3,(H,25,27,29). The maximum atomic E-state index is 13.3. The zero-order valence-corrected chi connectivity index (χ0v) is 20.1. The SMILES string of the molecule is COc1ccc(-c2cc(C(=O)Nc3ccon3)c3c(C)nn(C4CCS(=O)(=O)C4)c3n2)cc1OC. The first-order chi connectivity index (χ1) is 16.8. The monoisotopic (exact) mass is 497 g/mol. The van der Waals surface area contributed by atoms with Gasteiger partial charge in [-0.3, -0.25) is 4.79 Å². The van der Waals surface area contributed by atoms with Crippen LogP contribution in [-0.4, -0.2) is 60.0 Å². The van der Waals surface area contributed by atoms with Crippen molar-refractivity contribution in [1.29, 1.82) is 0 Å². The van der Waals surface area contributed by atoms with Gasteiger partial charge >= 0.3 is 0 Å². The van der Waals surface area contributed by atoms with E-state index >= 15 is 0 Å². The number of nitrogens with one attached hydrogen (secondary N) is 1. The topological polar surface area (TPSA) is 138 Å². The van der Waals surface area contributed by atoms with Gasteiger partial charge in [-0.25, -0.2) is 18.1 Å². The Morgan fingerprint density at radius 2 is 1.97 bits per heavy atom. The van der Waals surface area contributed by atoms with E-state index in [0.29, 0.717) is 51.5 Å². The number of aromatic nitrogens is 4. The van der Waals surface area contributed by atoms with Gasteiger partial charge in [0, 0.05) is 11.6 Å². The Balaban J connectivity index is 1.70. The number of amides is 1. The minimum absolute atomic E-state index is 0.0219. The minimum atomic E-state index is -3.16. The maximum Gasteiger partial charge on any atom is 0.257 e. The molecule has 11 nitrogen and oxygen atoms in total. The average Bonchev–Trinajstić information content (AvgIpc) is 3.57. The molecular formula is C23H23N5O6S. The normalized spacial score (nSPS) is 16.9. The summed E-state index contributed by atoms with van der Waals surface area (Å²) < 4.78 is 41.5. The predicted octanol–water partition coefficient (Wildman–Crippen LogP) is 3.02. The van der Waals surface area contributed by atoms with Crippen LogP contribution in [0.5, 0.6) is 11.5 Å². The maximum absolute atomic E-state index is 13.3. The Morgan fingerprint density at radius 1 is 1.17 bits per heavy atom. The number of pyridine rings is 1. The molecule has 0 radical (unpaired) electrons. The van der Waals surface area contributed by atoms with Crippen molar-refractivity contribution in [3.63, 3.8) is 0 Å². The number of rotatable bonds is 6. The van der Waals surface area contributed by atoms with Crippen LogP contribution >= 0.6 is 0 Å². The van der Waals surface area contributed by atoms with Crippen LogP contribution in [0.15, 0.2) is 41.1 Å². The molecule has 1 fully saturated rings. The highest BCUT2D eigenvalue weighted by Gasteiger charge is 2.32. The van der Waals surface area contributed by atoms with E-state index in [-0.39, 0.29) is 23.4 Å². The summed E-state index contributed by atoms with van der Waals surface area (Å²) in [7, 11) is -0.0772. The molecule has 1 saturated heterocycles. The zero-order chi connectivity index (χ0) is 24.7. The van der Waals surface area contributed by atoms with E-state index in [0.717, 1.165) is 0 Å². The molecule has 12 heteroatoms. The Hall–Kier alpha value is -3.93. The number of nitrogens with zero attached hydrogens (tertiary/aromatic N) is 4. The molecule has 0 aliphatic carbocycles. The largest absolute Gasteiger partial charge is 0.493 e. The van der Waals surface area contributed by atoms with Crippen LogP contribution in [0.25, 0.3) is 22.3 Å². The third-order valence-electron chi connectivity index (χ3n) is 5.99. The van der Waals surface area contributed by atoms with Crippen LogP contribution in [0.4, 0.5) is 5.82 Å². The van der Waals surface area contributed by atoms with Crippen LogP contribution in [-0.2, 0) is 9.84 Å². The number of fused-ring (bicyclic) bond motifs is 1. The van der Waals surface area contributed by atoms with Gasteiger partial charge in [0.15, 0.2) is 32.8 Å². The highest BCUT2D eigenvalue weighted by atomic mass is 32.2. The van der Waals surface area contributed by atoms with Gasteiger partial charge in [-0.15, -0.1) is 0 Å². The highest BCUT2D eigenvalue weighted by Crippen LogP contribution is 2.35. The van der Waals surface area contributed by atoms with Crippen LogP contribution in [0, 0.1) is 6.92 Å². The predicted molar refractivity (Wildman–Crippen MR) is 128 cm³/mol. The first-order valence-corrected chi connectivity index (χ1v) is 12.7. The van der Waals surface area contributed by atoms with Crippen molar-refractivity contribution in [2.75, 3.05) is 31.0 Å². The lowest BCUT2D eigenvalue weighted by Gasteiger charge is -2.13. The Labute approximate surface area is 200 Å². The number of hydrogen-bond donors (Lipinski definition) is 1. The van der Waals surface area contributed by atoms with Crippen molar-refractivity contribution >= 4 is 32.6 Å². The second-order valence-corrected chi connectivity index (χ2v) is 10.5. The summed E-state index contributed by atoms with van der Waals surface area (Å²) in [4.78, 5) is 18.1. The number of carbonyl (C=O) groups excluding carboxylic acids is 1. The van der Waals surface area contributed by atoms with E-state index in [9.17, 15) is 13.2 Å². The second kappa shape index (κ2) is 8.69. The number of anilines is 1. The lowest BCUT2D eigenvalue weighted by Crippen LogP contribution is -2.15. The van der Waals surface area contributed by atoms with Crippen molar-refractivity contribution in [1.82, 2.24) is 19.9 Å². The molecule has 0 spiro atoms. The Morgan fingerprint density at radius 3 is 2.63 bits per heavy atom. The quantitative estimate of drug-likeness (QED) is 0.426. The summed E-state index contributed by atoms with van der Waals surface area (Å²) in [5, 5.41) is 11.6.